The molecule has 6 heteroatoms. The molecule has 0 bridgehead atoms. The van der Waals surface area contributed by atoms with Crippen LogP contribution in [0.2, 0.25) is 0 Å². The third kappa shape index (κ3) is 8.48. The number of aliphatic hydroxyl groups is 2. The van der Waals surface area contributed by atoms with E-state index in [-0.39, 0.29) is 38.6 Å². The zero-order chi connectivity index (χ0) is 19.9. The molecule has 2 unspecified atom stereocenters. The van der Waals surface area contributed by atoms with Gasteiger partial charge in [-0.25, -0.2) is 0 Å². The predicted octanol–water partition coefficient (Wildman–Crippen LogP) is 2.52. The molecule has 0 aliphatic heterocycles. The van der Waals surface area contributed by atoms with E-state index in [0.29, 0.717) is 26.4 Å². The number of ether oxygens (including phenoxy) is 4. The Labute approximate surface area is 166 Å². The molecule has 2 aromatic carbocycles. The van der Waals surface area contributed by atoms with Gasteiger partial charge in [0.05, 0.1) is 52.9 Å². The molecule has 6 nitrogen and oxygen atoms in total. The van der Waals surface area contributed by atoms with Gasteiger partial charge in [0.1, 0.15) is 12.2 Å². The van der Waals surface area contributed by atoms with Crippen molar-refractivity contribution in [1.29, 1.82) is 0 Å². The van der Waals surface area contributed by atoms with Crippen LogP contribution in [0.5, 0.6) is 0 Å². The van der Waals surface area contributed by atoms with Crippen molar-refractivity contribution in [3.05, 3.63) is 71.8 Å². The summed E-state index contributed by atoms with van der Waals surface area (Å²) in [6.07, 6.45) is -0.448. The first-order valence-corrected chi connectivity index (χ1v) is 9.55. The molecule has 0 radical (unpaired) electrons. The number of hydrogen-bond donors (Lipinski definition) is 2. The van der Waals surface area contributed by atoms with E-state index in [1.54, 1.807) is 0 Å². The highest BCUT2D eigenvalue weighted by atomic mass is 16.6. The minimum Gasteiger partial charge on any atom is -0.394 e. The molecule has 0 amide bonds. The van der Waals surface area contributed by atoms with Crippen LogP contribution in [0.3, 0.4) is 0 Å². The second kappa shape index (κ2) is 14.2. The van der Waals surface area contributed by atoms with Crippen molar-refractivity contribution in [2.24, 2.45) is 0 Å². The molecule has 154 valence electrons. The van der Waals surface area contributed by atoms with E-state index in [0.717, 1.165) is 11.1 Å². The molecule has 0 aliphatic rings. The summed E-state index contributed by atoms with van der Waals surface area (Å²) in [6, 6.07) is 19.6. The van der Waals surface area contributed by atoms with E-state index < -0.39 is 0 Å². The van der Waals surface area contributed by atoms with Gasteiger partial charge in [0.15, 0.2) is 0 Å². The van der Waals surface area contributed by atoms with Crippen molar-refractivity contribution < 1.29 is 29.2 Å². The van der Waals surface area contributed by atoms with Crippen molar-refractivity contribution in [1.82, 2.24) is 0 Å². The van der Waals surface area contributed by atoms with Crippen molar-refractivity contribution in [3.63, 3.8) is 0 Å². The minimum atomic E-state index is -0.224. The van der Waals surface area contributed by atoms with Gasteiger partial charge in [-0.3, -0.25) is 0 Å². The number of rotatable bonds is 15. The summed E-state index contributed by atoms with van der Waals surface area (Å²) in [6.45, 7) is 2.09. The van der Waals surface area contributed by atoms with Crippen LogP contribution in [0.25, 0.3) is 0 Å². The SMILES string of the molecule is OCCOC(COCCOCC(OCCO)c1ccccc1)c1ccccc1. The first kappa shape index (κ1) is 22.5. The second-order valence-corrected chi connectivity index (χ2v) is 6.14. The van der Waals surface area contributed by atoms with Gasteiger partial charge in [-0.15, -0.1) is 0 Å². The smallest absolute Gasteiger partial charge is 0.106 e. The Morgan fingerprint density at radius 2 is 0.964 bits per heavy atom. The fourth-order valence-electron chi connectivity index (χ4n) is 2.71. The predicted molar refractivity (Wildman–Crippen MR) is 106 cm³/mol. The van der Waals surface area contributed by atoms with Crippen LogP contribution in [0.15, 0.2) is 60.7 Å². The lowest BCUT2D eigenvalue weighted by atomic mass is 10.1. The first-order chi connectivity index (χ1) is 13.8. The summed E-state index contributed by atoms with van der Waals surface area (Å²) < 4.78 is 22.7. The standard InChI is InChI=1S/C22H30O6/c23-11-13-27-21(19-7-3-1-4-8-19)17-25-15-16-26-18-22(28-14-12-24)20-9-5-2-6-10-20/h1-10,21-24H,11-18H2. The van der Waals surface area contributed by atoms with Crippen molar-refractivity contribution in [2.75, 3.05) is 52.9 Å². The summed E-state index contributed by atoms with van der Waals surface area (Å²) in [4.78, 5) is 0. The van der Waals surface area contributed by atoms with E-state index in [1.807, 2.05) is 60.7 Å². The monoisotopic (exact) mass is 390 g/mol. The van der Waals surface area contributed by atoms with Crippen LogP contribution >= 0.6 is 0 Å². The molecule has 0 saturated carbocycles. The van der Waals surface area contributed by atoms with Gasteiger partial charge in [-0.2, -0.15) is 0 Å². The Morgan fingerprint density at radius 3 is 1.32 bits per heavy atom. The molecule has 2 aromatic rings. The molecular weight excluding hydrogens is 360 g/mol. The normalized spacial score (nSPS) is 13.4. The van der Waals surface area contributed by atoms with E-state index in [1.165, 1.54) is 0 Å². The molecule has 2 atom stereocenters. The third-order valence-electron chi connectivity index (χ3n) is 4.07. The maximum Gasteiger partial charge on any atom is 0.106 e. The summed E-state index contributed by atoms with van der Waals surface area (Å²) in [5.41, 5.74) is 2.02. The summed E-state index contributed by atoms with van der Waals surface area (Å²) >= 11 is 0. The van der Waals surface area contributed by atoms with Gasteiger partial charge in [-0.1, -0.05) is 60.7 Å². The van der Waals surface area contributed by atoms with Gasteiger partial charge >= 0.3 is 0 Å². The number of aliphatic hydroxyl groups excluding tert-OH is 2. The average Bonchev–Trinajstić information content (AvgIpc) is 2.76. The maximum atomic E-state index is 9.00. The van der Waals surface area contributed by atoms with Gasteiger partial charge < -0.3 is 29.2 Å². The Hall–Kier alpha value is -1.80. The number of hydrogen-bond acceptors (Lipinski definition) is 6. The van der Waals surface area contributed by atoms with Gasteiger partial charge in [-0.05, 0) is 11.1 Å². The second-order valence-electron chi connectivity index (χ2n) is 6.14. The van der Waals surface area contributed by atoms with Gasteiger partial charge in [0.25, 0.3) is 0 Å². The Morgan fingerprint density at radius 1 is 0.571 bits per heavy atom. The maximum absolute atomic E-state index is 9.00. The topological polar surface area (TPSA) is 77.4 Å². The summed E-state index contributed by atoms with van der Waals surface area (Å²) in [7, 11) is 0. The Balaban J connectivity index is 1.71. The fraction of sp³-hybridized carbons (Fsp3) is 0.455. The molecule has 28 heavy (non-hydrogen) atoms. The van der Waals surface area contributed by atoms with Gasteiger partial charge in [0.2, 0.25) is 0 Å². The molecule has 0 saturated heterocycles. The fourth-order valence-corrected chi connectivity index (χ4v) is 2.71. The van der Waals surface area contributed by atoms with Crippen LogP contribution < -0.4 is 0 Å². The van der Waals surface area contributed by atoms with E-state index in [9.17, 15) is 0 Å². The largest absolute Gasteiger partial charge is 0.394 e. The lowest BCUT2D eigenvalue weighted by Gasteiger charge is -2.19. The van der Waals surface area contributed by atoms with Crippen LogP contribution in [-0.2, 0) is 18.9 Å². The minimum absolute atomic E-state index is 0.0266. The van der Waals surface area contributed by atoms with Crippen LogP contribution in [0, 0.1) is 0 Å². The molecule has 0 spiro atoms. The third-order valence-corrected chi connectivity index (χ3v) is 4.07. The quantitative estimate of drug-likeness (QED) is 0.455. The zero-order valence-corrected chi connectivity index (χ0v) is 16.1. The Kier molecular flexibility index (Phi) is 11.4. The lowest BCUT2D eigenvalue weighted by molar-refractivity contribution is -0.0595. The number of benzene rings is 2. The van der Waals surface area contributed by atoms with E-state index in [2.05, 4.69) is 0 Å². The summed E-state index contributed by atoms with van der Waals surface area (Å²) in [5, 5.41) is 18.0. The first-order valence-electron chi connectivity index (χ1n) is 9.55. The molecule has 0 heterocycles. The van der Waals surface area contributed by atoms with E-state index in [4.69, 9.17) is 29.2 Å². The lowest BCUT2D eigenvalue weighted by Crippen LogP contribution is -2.18. The highest BCUT2D eigenvalue weighted by Gasteiger charge is 2.13. The zero-order valence-electron chi connectivity index (χ0n) is 16.1. The van der Waals surface area contributed by atoms with Crippen LogP contribution in [0.4, 0.5) is 0 Å². The molecule has 0 aliphatic carbocycles. The highest BCUT2D eigenvalue weighted by molar-refractivity contribution is 5.18. The van der Waals surface area contributed by atoms with Crippen LogP contribution in [0.1, 0.15) is 23.3 Å². The van der Waals surface area contributed by atoms with E-state index >= 15 is 0 Å². The van der Waals surface area contributed by atoms with Crippen molar-refractivity contribution in [2.45, 2.75) is 12.2 Å². The van der Waals surface area contributed by atoms with Crippen molar-refractivity contribution in [3.8, 4) is 0 Å². The molecule has 2 N–H and O–H groups in total. The molecule has 2 rings (SSSR count). The Bertz CT molecular complexity index is 551. The molecule has 0 fully saturated rings. The molecule has 0 aromatic heterocycles. The van der Waals surface area contributed by atoms with Crippen molar-refractivity contribution >= 4 is 0 Å². The van der Waals surface area contributed by atoms with Gasteiger partial charge in [0, 0.05) is 0 Å². The van der Waals surface area contributed by atoms with Crippen LogP contribution in [-0.4, -0.2) is 63.1 Å². The highest BCUT2D eigenvalue weighted by Crippen LogP contribution is 2.18. The average molecular weight is 390 g/mol. The molecular formula is C22H30O6. The summed E-state index contributed by atoms with van der Waals surface area (Å²) in [5.74, 6) is 0.